The summed E-state index contributed by atoms with van der Waals surface area (Å²) in [7, 11) is 0. The van der Waals surface area contributed by atoms with Gasteiger partial charge in [0.25, 0.3) is 0 Å². The number of halogens is 1. The number of carbonyl (C=O) groups is 1. The van der Waals surface area contributed by atoms with Gasteiger partial charge in [-0.3, -0.25) is 4.79 Å². The van der Waals surface area contributed by atoms with Crippen molar-refractivity contribution in [3.05, 3.63) is 0 Å². The molecule has 1 heterocycles. The first kappa shape index (κ1) is 12.8. The van der Waals surface area contributed by atoms with E-state index < -0.39 is 0 Å². The second kappa shape index (κ2) is 6.37. The maximum atomic E-state index is 11.7. The molecule has 0 aliphatic carbocycles. The lowest BCUT2D eigenvalue weighted by atomic mass is 10.1. The minimum Gasteiger partial charge on any atom is -0.340 e. The van der Waals surface area contributed by atoms with Crippen LogP contribution in [0, 0.1) is 5.92 Å². The number of rotatable bonds is 6. The minimum absolute atomic E-state index is 0.296. The van der Waals surface area contributed by atoms with Crippen LogP contribution < -0.4 is 0 Å². The van der Waals surface area contributed by atoms with Crippen molar-refractivity contribution in [2.24, 2.45) is 5.92 Å². The Balaban J connectivity index is 2.32. The highest BCUT2D eigenvalue weighted by atomic mass is 35.5. The summed E-state index contributed by atoms with van der Waals surface area (Å²) in [4.78, 5) is 13.7. The standard InChI is InChI=1S/C12H22ClNO/c1-3-4-5-6-10(2)14-9-11(8-13)7-12(14)15/h10-11H,3-9H2,1-2H3. The summed E-state index contributed by atoms with van der Waals surface area (Å²) < 4.78 is 0. The Hall–Kier alpha value is -0.240. The van der Waals surface area contributed by atoms with Crippen LogP contribution in [0.3, 0.4) is 0 Å². The zero-order chi connectivity index (χ0) is 11.3. The Kier molecular flexibility index (Phi) is 5.44. The number of hydrogen-bond acceptors (Lipinski definition) is 1. The Labute approximate surface area is 98.0 Å². The predicted molar refractivity (Wildman–Crippen MR) is 64.1 cm³/mol. The maximum absolute atomic E-state index is 11.7. The highest BCUT2D eigenvalue weighted by molar-refractivity contribution is 6.18. The van der Waals surface area contributed by atoms with Gasteiger partial charge in [-0.15, -0.1) is 11.6 Å². The molecule has 0 aromatic carbocycles. The molecule has 2 atom stereocenters. The topological polar surface area (TPSA) is 20.3 Å². The van der Waals surface area contributed by atoms with Gasteiger partial charge in [0.2, 0.25) is 5.91 Å². The van der Waals surface area contributed by atoms with E-state index in [2.05, 4.69) is 13.8 Å². The SMILES string of the molecule is CCCCCC(C)N1CC(CCl)CC1=O. The van der Waals surface area contributed by atoms with Gasteiger partial charge in [0.05, 0.1) is 0 Å². The van der Waals surface area contributed by atoms with Crippen LogP contribution in [-0.2, 0) is 4.79 Å². The molecular weight excluding hydrogens is 210 g/mol. The fourth-order valence-electron chi connectivity index (χ4n) is 2.18. The van der Waals surface area contributed by atoms with Gasteiger partial charge < -0.3 is 4.90 Å². The lowest BCUT2D eigenvalue weighted by Gasteiger charge is -2.24. The zero-order valence-electron chi connectivity index (χ0n) is 9.84. The quantitative estimate of drug-likeness (QED) is 0.508. The molecule has 2 unspecified atom stereocenters. The van der Waals surface area contributed by atoms with Crippen molar-refractivity contribution < 1.29 is 4.79 Å². The number of likely N-dealkylation sites (tertiary alicyclic amines) is 1. The molecule has 0 spiro atoms. The van der Waals surface area contributed by atoms with E-state index >= 15 is 0 Å². The van der Waals surface area contributed by atoms with Crippen LogP contribution >= 0.6 is 11.6 Å². The minimum atomic E-state index is 0.296. The van der Waals surface area contributed by atoms with Crippen LogP contribution in [0.25, 0.3) is 0 Å². The summed E-state index contributed by atoms with van der Waals surface area (Å²) >= 11 is 5.79. The number of alkyl halides is 1. The molecule has 0 radical (unpaired) electrons. The Morgan fingerprint density at radius 1 is 1.53 bits per heavy atom. The normalized spacial score (nSPS) is 23.5. The second-order valence-electron chi connectivity index (χ2n) is 4.62. The summed E-state index contributed by atoms with van der Waals surface area (Å²) in [6, 6.07) is 0.400. The Bertz CT molecular complexity index is 208. The molecule has 1 rings (SSSR count). The van der Waals surface area contributed by atoms with E-state index in [0.29, 0.717) is 30.2 Å². The highest BCUT2D eigenvalue weighted by Gasteiger charge is 2.31. The maximum Gasteiger partial charge on any atom is 0.223 e. The molecule has 1 aliphatic rings. The van der Waals surface area contributed by atoms with Gasteiger partial charge in [-0.05, 0) is 19.3 Å². The number of nitrogens with zero attached hydrogens (tertiary/aromatic N) is 1. The van der Waals surface area contributed by atoms with E-state index in [-0.39, 0.29) is 0 Å². The molecule has 0 saturated carbocycles. The van der Waals surface area contributed by atoms with Crippen molar-refractivity contribution in [2.75, 3.05) is 12.4 Å². The van der Waals surface area contributed by atoms with Crippen LogP contribution in [-0.4, -0.2) is 29.3 Å². The summed E-state index contributed by atoms with van der Waals surface area (Å²) in [6.45, 7) is 5.23. The van der Waals surface area contributed by atoms with Gasteiger partial charge in [-0.25, -0.2) is 0 Å². The lowest BCUT2D eigenvalue weighted by molar-refractivity contribution is -0.129. The number of unbranched alkanes of at least 4 members (excludes halogenated alkanes) is 2. The van der Waals surface area contributed by atoms with Gasteiger partial charge in [-0.1, -0.05) is 26.2 Å². The van der Waals surface area contributed by atoms with E-state index in [4.69, 9.17) is 11.6 Å². The summed E-state index contributed by atoms with van der Waals surface area (Å²) in [5.41, 5.74) is 0. The number of hydrogen-bond donors (Lipinski definition) is 0. The highest BCUT2D eigenvalue weighted by Crippen LogP contribution is 2.23. The smallest absolute Gasteiger partial charge is 0.223 e. The van der Waals surface area contributed by atoms with Crippen molar-refractivity contribution >= 4 is 17.5 Å². The van der Waals surface area contributed by atoms with Crippen LogP contribution in [0.4, 0.5) is 0 Å². The molecule has 0 aromatic rings. The first-order chi connectivity index (χ1) is 7.19. The molecule has 1 fully saturated rings. The zero-order valence-corrected chi connectivity index (χ0v) is 10.6. The molecule has 88 valence electrons. The fraction of sp³-hybridized carbons (Fsp3) is 0.917. The monoisotopic (exact) mass is 231 g/mol. The number of carbonyl (C=O) groups excluding carboxylic acids is 1. The molecule has 2 nitrogen and oxygen atoms in total. The molecule has 1 saturated heterocycles. The molecule has 3 heteroatoms. The largest absolute Gasteiger partial charge is 0.340 e. The van der Waals surface area contributed by atoms with Crippen molar-refractivity contribution in [1.82, 2.24) is 4.90 Å². The molecule has 1 amide bonds. The van der Waals surface area contributed by atoms with Gasteiger partial charge in [0, 0.05) is 24.9 Å². The average Bonchev–Trinajstić information content (AvgIpc) is 2.60. The Morgan fingerprint density at radius 3 is 2.80 bits per heavy atom. The van der Waals surface area contributed by atoms with Gasteiger partial charge in [0.1, 0.15) is 0 Å². The van der Waals surface area contributed by atoms with Gasteiger partial charge in [0.15, 0.2) is 0 Å². The molecule has 1 aliphatic heterocycles. The summed E-state index contributed by atoms with van der Waals surface area (Å²) in [5, 5.41) is 0. The van der Waals surface area contributed by atoms with Gasteiger partial charge in [-0.2, -0.15) is 0 Å². The predicted octanol–water partition coefficient (Wildman–Crippen LogP) is 3.04. The third-order valence-electron chi connectivity index (χ3n) is 3.21. The molecular formula is C12H22ClNO. The van der Waals surface area contributed by atoms with E-state index in [0.717, 1.165) is 13.0 Å². The lowest BCUT2D eigenvalue weighted by Crippen LogP contribution is -2.34. The molecule has 0 N–H and O–H groups in total. The Morgan fingerprint density at radius 2 is 2.27 bits per heavy atom. The number of amides is 1. The molecule has 15 heavy (non-hydrogen) atoms. The average molecular weight is 232 g/mol. The van der Waals surface area contributed by atoms with Crippen LogP contribution in [0.5, 0.6) is 0 Å². The molecule has 0 aromatic heterocycles. The van der Waals surface area contributed by atoms with Crippen molar-refractivity contribution in [2.45, 2.75) is 52.0 Å². The fourth-order valence-corrected chi connectivity index (χ4v) is 2.39. The van der Waals surface area contributed by atoms with Crippen LogP contribution in [0.2, 0.25) is 0 Å². The van der Waals surface area contributed by atoms with Crippen molar-refractivity contribution in [1.29, 1.82) is 0 Å². The van der Waals surface area contributed by atoms with E-state index in [1.165, 1.54) is 19.3 Å². The van der Waals surface area contributed by atoms with Crippen LogP contribution in [0.15, 0.2) is 0 Å². The molecule has 0 bridgehead atoms. The third-order valence-corrected chi connectivity index (χ3v) is 3.65. The van der Waals surface area contributed by atoms with Gasteiger partial charge >= 0.3 is 0 Å². The van der Waals surface area contributed by atoms with E-state index in [9.17, 15) is 4.79 Å². The third kappa shape index (κ3) is 3.67. The van der Waals surface area contributed by atoms with E-state index in [1.807, 2.05) is 4.90 Å². The first-order valence-corrected chi connectivity index (χ1v) is 6.57. The van der Waals surface area contributed by atoms with Crippen LogP contribution in [0.1, 0.15) is 46.0 Å². The van der Waals surface area contributed by atoms with Crippen molar-refractivity contribution in [3.8, 4) is 0 Å². The van der Waals surface area contributed by atoms with E-state index in [1.54, 1.807) is 0 Å². The second-order valence-corrected chi connectivity index (χ2v) is 4.92. The first-order valence-electron chi connectivity index (χ1n) is 6.04. The summed E-state index contributed by atoms with van der Waals surface area (Å²) in [6.07, 6.45) is 5.53. The van der Waals surface area contributed by atoms with Crippen molar-refractivity contribution in [3.63, 3.8) is 0 Å². The summed E-state index contributed by atoms with van der Waals surface area (Å²) in [5.74, 6) is 1.29.